The van der Waals surface area contributed by atoms with Crippen molar-refractivity contribution in [1.82, 2.24) is 19.8 Å². The highest BCUT2D eigenvalue weighted by atomic mass is 19.1. The number of aromatic hydroxyl groups is 1. The highest BCUT2D eigenvalue weighted by Gasteiger charge is 2.25. The van der Waals surface area contributed by atoms with Crippen LogP contribution in [0.1, 0.15) is 28.9 Å². The van der Waals surface area contributed by atoms with Crippen molar-refractivity contribution in [3.8, 4) is 22.6 Å². The Labute approximate surface area is 230 Å². The van der Waals surface area contributed by atoms with Crippen LogP contribution in [0.2, 0.25) is 0 Å². The van der Waals surface area contributed by atoms with Crippen molar-refractivity contribution >= 4 is 16.9 Å². The van der Waals surface area contributed by atoms with E-state index in [1.807, 2.05) is 24.3 Å². The lowest BCUT2D eigenvalue weighted by atomic mass is 10.0. The zero-order valence-corrected chi connectivity index (χ0v) is 22.4. The summed E-state index contributed by atoms with van der Waals surface area (Å²) in [5.41, 5.74) is 1.48. The maximum atomic E-state index is 13.7. The van der Waals surface area contributed by atoms with E-state index in [9.17, 15) is 19.1 Å². The van der Waals surface area contributed by atoms with Crippen molar-refractivity contribution in [2.75, 3.05) is 40.0 Å². The first-order valence-electron chi connectivity index (χ1n) is 13.1. The zero-order valence-electron chi connectivity index (χ0n) is 22.4. The Morgan fingerprint density at radius 2 is 1.80 bits per heavy atom. The molecule has 1 amide bonds. The third-order valence-electron chi connectivity index (χ3n) is 7.18. The number of fused-ring (bicyclic) bond motifs is 1. The number of methoxy groups -OCH3 is 1. The van der Waals surface area contributed by atoms with Crippen molar-refractivity contribution < 1.29 is 23.8 Å². The molecule has 40 heavy (non-hydrogen) atoms. The largest absolute Gasteiger partial charge is 0.506 e. The minimum absolute atomic E-state index is 0.276. The molecule has 2 aromatic heterocycles. The quantitative estimate of drug-likeness (QED) is 0.347. The van der Waals surface area contributed by atoms with E-state index in [1.165, 1.54) is 16.7 Å². The van der Waals surface area contributed by atoms with Gasteiger partial charge in [-0.05, 0) is 48.4 Å². The zero-order chi connectivity index (χ0) is 28.2. The fourth-order valence-corrected chi connectivity index (χ4v) is 4.84. The predicted octanol–water partition coefficient (Wildman–Crippen LogP) is 3.74. The van der Waals surface area contributed by atoms with Crippen LogP contribution in [-0.2, 0) is 11.3 Å². The summed E-state index contributed by atoms with van der Waals surface area (Å²) in [4.78, 5) is 33.9. The van der Waals surface area contributed by atoms with Crippen LogP contribution in [0.5, 0.6) is 11.5 Å². The number of morpholine rings is 1. The minimum atomic E-state index is -0.726. The summed E-state index contributed by atoms with van der Waals surface area (Å²) in [6.45, 7) is 5.26. The first-order chi connectivity index (χ1) is 19.4. The smallest absolute Gasteiger partial charge is 0.268 e. The van der Waals surface area contributed by atoms with E-state index < -0.39 is 29.1 Å². The number of pyridine rings is 2. The molecule has 0 saturated carbocycles. The average molecular weight is 547 g/mol. The van der Waals surface area contributed by atoms with Crippen LogP contribution in [0.3, 0.4) is 0 Å². The van der Waals surface area contributed by atoms with E-state index in [4.69, 9.17) is 9.47 Å². The Morgan fingerprint density at radius 1 is 1.10 bits per heavy atom. The highest BCUT2D eigenvalue weighted by Crippen LogP contribution is 2.31. The third kappa shape index (κ3) is 5.68. The van der Waals surface area contributed by atoms with Crippen LogP contribution < -0.4 is 15.6 Å². The lowest BCUT2D eigenvalue weighted by Crippen LogP contribution is -2.40. The number of ether oxygens (including phenoxy) is 2. The second kappa shape index (κ2) is 11.8. The number of hydrogen-bond acceptors (Lipinski definition) is 7. The van der Waals surface area contributed by atoms with E-state index in [1.54, 1.807) is 38.4 Å². The molecule has 0 aliphatic carbocycles. The summed E-state index contributed by atoms with van der Waals surface area (Å²) in [6.07, 6.45) is 1.64. The van der Waals surface area contributed by atoms with Gasteiger partial charge in [-0.25, -0.2) is 9.37 Å². The molecule has 1 saturated heterocycles. The molecule has 1 aliphatic rings. The number of carbonyl (C=O) groups excluding carboxylic acids is 1. The van der Waals surface area contributed by atoms with Crippen molar-refractivity contribution in [3.05, 3.63) is 88.1 Å². The van der Waals surface area contributed by atoms with Crippen LogP contribution in [0, 0.1) is 5.82 Å². The Kier molecular flexibility index (Phi) is 8.09. The van der Waals surface area contributed by atoms with Gasteiger partial charge in [-0.2, -0.15) is 0 Å². The van der Waals surface area contributed by atoms with Gasteiger partial charge >= 0.3 is 0 Å². The molecule has 0 unspecified atom stereocenters. The van der Waals surface area contributed by atoms with Crippen LogP contribution in [0.4, 0.5) is 4.39 Å². The third-order valence-corrected chi connectivity index (χ3v) is 7.18. The number of halogens is 1. The van der Waals surface area contributed by atoms with Gasteiger partial charge in [-0.3, -0.25) is 19.1 Å². The second-order valence-electron chi connectivity index (χ2n) is 9.70. The van der Waals surface area contributed by atoms with Crippen molar-refractivity contribution in [3.63, 3.8) is 0 Å². The van der Waals surface area contributed by atoms with E-state index in [0.29, 0.717) is 36.6 Å². The Balaban J connectivity index is 1.56. The highest BCUT2D eigenvalue weighted by molar-refractivity contribution is 6.02. The fourth-order valence-electron chi connectivity index (χ4n) is 4.84. The van der Waals surface area contributed by atoms with Gasteiger partial charge in [0.2, 0.25) is 0 Å². The van der Waals surface area contributed by atoms with Crippen molar-refractivity contribution in [2.24, 2.45) is 0 Å². The molecule has 5 rings (SSSR count). The molecule has 9 nitrogen and oxygen atoms in total. The van der Waals surface area contributed by atoms with Gasteiger partial charge in [0.15, 0.2) is 0 Å². The van der Waals surface area contributed by atoms with Gasteiger partial charge in [0.05, 0.1) is 31.8 Å². The first kappa shape index (κ1) is 27.3. The first-order valence-corrected chi connectivity index (χ1v) is 13.1. The molecule has 2 aromatic carbocycles. The standard InChI is InChI=1S/C30H31FN4O5/c1-19(20-3-7-23(31)8-4-20)33-29(37)26-27(36)25-17-22(21-5-9-24(39-2)10-6-21)18-32-28(25)35(30(26)38)12-11-34-13-15-40-16-14-34/h3-10,17-19,36H,11-16H2,1-2H3,(H,33,37)/t19-/m0/s1. The number of amides is 1. The number of carbonyl (C=O) groups is 1. The van der Waals surface area contributed by atoms with Gasteiger partial charge in [-0.1, -0.05) is 24.3 Å². The van der Waals surface area contributed by atoms with E-state index in [2.05, 4.69) is 15.2 Å². The van der Waals surface area contributed by atoms with E-state index in [0.717, 1.165) is 18.7 Å². The van der Waals surface area contributed by atoms with Gasteiger partial charge in [-0.15, -0.1) is 0 Å². The number of aromatic nitrogens is 2. The SMILES string of the molecule is COc1ccc(-c2cnc3c(c2)c(O)c(C(=O)N[C@@H](C)c2ccc(F)cc2)c(=O)n3CCN2CCOCC2)cc1. The molecule has 3 heterocycles. The maximum Gasteiger partial charge on any atom is 0.268 e. The van der Waals surface area contributed by atoms with Crippen molar-refractivity contribution in [2.45, 2.75) is 19.5 Å². The topological polar surface area (TPSA) is 106 Å². The normalized spacial score (nSPS) is 14.7. The molecule has 0 radical (unpaired) electrons. The molecule has 1 atom stereocenters. The number of benzene rings is 2. The summed E-state index contributed by atoms with van der Waals surface area (Å²) >= 11 is 0. The van der Waals surface area contributed by atoms with Gasteiger partial charge < -0.3 is 19.9 Å². The summed E-state index contributed by atoms with van der Waals surface area (Å²) in [6, 6.07) is 14.3. The minimum Gasteiger partial charge on any atom is -0.506 e. The van der Waals surface area contributed by atoms with Crippen LogP contribution in [-0.4, -0.2) is 65.4 Å². The van der Waals surface area contributed by atoms with Gasteiger partial charge in [0.1, 0.15) is 28.5 Å². The number of rotatable bonds is 8. The Hall–Kier alpha value is -4.28. The van der Waals surface area contributed by atoms with Crippen LogP contribution in [0.15, 0.2) is 65.6 Å². The molecule has 1 fully saturated rings. The predicted molar refractivity (Wildman–Crippen MR) is 149 cm³/mol. The molecule has 2 N–H and O–H groups in total. The molecule has 4 aromatic rings. The summed E-state index contributed by atoms with van der Waals surface area (Å²) in [5, 5.41) is 14.4. The fraction of sp³-hybridized carbons (Fsp3) is 0.300. The molecule has 0 spiro atoms. The molecular weight excluding hydrogens is 515 g/mol. The van der Waals surface area contributed by atoms with Crippen LogP contribution in [0.25, 0.3) is 22.2 Å². The van der Waals surface area contributed by atoms with E-state index in [-0.39, 0.29) is 23.1 Å². The van der Waals surface area contributed by atoms with E-state index >= 15 is 0 Å². The Morgan fingerprint density at radius 3 is 2.48 bits per heavy atom. The van der Waals surface area contributed by atoms with Gasteiger partial charge in [0, 0.05) is 37.9 Å². The molecule has 0 bridgehead atoms. The second-order valence-corrected chi connectivity index (χ2v) is 9.70. The number of nitrogens with zero attached hydrogens (tertiary/aromatic N) is 3. The molecule has 208 valence electrons. The van der Waals surface area contributed by atoms with Crippen molar-refractivity contribution in [1.29, 1.82) is 0 Å². The lowest BCUT2D eigenvalue weighted by molar-refractivity contribution is 0.0364. The summed E-state index contributed by atoms with van der Waals surface area (Å²) < 4.78 is 25.5. The summed E-state index contributed by atoms with van der Waals surface area (Å²) in [5.74, 6) is -0.852. The monoisotopic (exact) mass is 546 g/mol. The summed E-state index contributed by atoms with van der Waals surface area (Å²) in [7, 11) is 1.59. The molecule has 10 heteroatoms. The molecule has 1 aliphatic heterocycles. The van der Waals surface area contributed by atoms with Crippen LogP contribution >= 0.6 is 0 Å². The Bertz CT molecular complexity index is 1560. The maximum absolute atomic E-state index is 13.7. The number of hydrogen-bond donors (Lipinski definition) is 2. The number of nitrogens with one attached hydrogen (secondary N) is 1. The van der Waals surface area contributed by atoms with Gasteiger partial charge in [0.25, 0.3) is 11.5 Å². The average Bonchev–Trinajstić information content (AvgIpc) is 2.98. The molecular formula is C30H31FN4O5. The lowest BCUT2D eigenvalue weighted by Gasteiger charge is -2.27.